The first-order valence-electron chi connectivity index (χ1n) is 4.62. The van der Waals surface area contributed by atoms with E-state index in [1.807, 2.05) is 35.0 Å². The average molecular weight is 241 g/mol. The number of hydrogen-bond donors (Lipinski definition) is 1. The summed E-state index contributed by atoms with van der Waals surface area (Å²) < 4.78 is 6.43. The van der Waals surface area contributed by atoms with Crippen LogP contribution in [0.1, 0.15) is 0 Å². The molecule has 0 aliphatic rings. The molecule has 1 aromatic heterocycles. The summed E-state index contributed by atoms with van der Waals surface area (Å²) in [5.74, 6) is -0.269. The number of nitrogen functional groups attached to an aromatic ring is 1. The molecule has 0 amide bonds. The number of anilines is 1. The third-order valence-corrected chi connectivity index (χ3v) is 2.33. The van der Waals surface area contributed by atoms with E-state index in [1.165, 1.54) is 7.11 Å². The maximum Gasteiger partial charge on any atom is 0.325 e. The Morgan fingerprint density at radius 1 is 1.44 bits per heavy atom. The monoisotopic (exact) mass is 240 g/mol. The number of esters is 1. The standard InChI is InChI=1S/C11H12N2O2.ClH/c1-15-11(14)7-13-5-4-8-2-3-9(12)6-10(8)13;/h2-6H,7,12H2,1H3;1H. The molecule has 0 aliphatic carbocycles. The van der Waals surface area contributed by atoms with Crippen molar-refractivity contribution in [2.24, 2.45) is 0 Å². The van der Waals surface area contributed by atoms with Gasteiger partial charge >= 0.3 is 5.97 Å². The number of benzene rings is 1. The molecule has 0 radical (unpaired) electrons. The second-order valence-corrected chi connectivity index (χ2v) is 3.34. The van der Waals surface area contributed by atoms with Crippen LogP contribution in [0.15, 0.2) is 30.5 Å². The van der Waals surface area contributed by atoms with Crippen molar-refractivity contribution in [3.63, 3.8) is 0 Å². The molecule has 2 rings (SSSR count). The molecule has 2 aromatic rings. The minimum atomic E-state index is -0.269. The number of aromatic nitrogens is 1. The summed E-state index contributed by atoms with van der Waals surface area (Å²) in [7, 11) is 1.38. The maximum atomic E-state index is 11.1. The van der Waals surface area contributed by atoms with Crippen LogP contribution in [0.5, 0.6) is 0 Å². The zero-order valence-corrected chi connectivity index (χ0v) is 9.66. The molecule has 2 N–H and O–H groups in total. The molecular weight excluding hydrogens is 228 g/mol. The molecule has 0 atom stereocenters. The largest absolute Gasteiger partial charge is 0.468 e. The van der Waals surface area contributed by atoms with Crippen LogP contribution in [0.4, 0.5) is 5.69 Å². The zero-order valence-electron chi connectivity index (χ0n) is 8.84. The SMILES string of the molecule is COC(=O)Cn1ccc2ccc(N)cc21.Cl. The fourth-order valence-electron chi connectivity index (χ4n) is 1.54. The van der Waals surface area contributed by atoms with E-state index in [0.717, 1.165) is 10.9 Å². The summed E-state index contributed by atoms with van der Waals surface area (Å²) in [5.41, 5.74) is 7.32. The van der Waals surface area contributed by atoms with E-state index in [1.54, 1.807) is 0 Å². The highest BCUT2D eigenvalue weighted by Gasteiger charge is 2.05. The molecule has 1 aromatic carbocycles. The lowest BCUT2D eigenvalue weighted by Crippen LogP contribution is -2.10. The van der Waals surface area contributed by atoms with Crippen molar-refractivity contribution < 1.29 is 9.53 Å². The number of carbonyl (C=O) groups is 1. The van der Waals surface area contributed by atoms with Gasteiger partial charge in [-0.15, -0.1) is 12.4 Å². The van der Waals surface area contributed by atoms with Crippen LogP contribution in [0, 0.1) is 0 Å². The van der Waals surface area contributed by atoms with E-state index < -0.39 is 0 Å². The van der Waals surface area contributed by atoms with Crippen molar-refractivity contribution in [2.45, 2.75) is 6.54 Å². The maximum absolute atomic E-state index is 11.1. The number of rotatable bonds is 2. The lowest BCUT2D eigenvalue weighted by molar-refractivity contribution is -0.141. The molecule has 0 saturated heterocycles. The topological polar surface area (TPSA) is 57.2 Å². The molecule has 0 saturated carbocycles. The van der Waals surface area contributed by atoms with E-state index in [-0.39, 0.29) is 24.9 Å². The van der Waals surface area contributed by atoms with Crippen molar-refractivity contribution in [2.75, 3.05) is 12.8 Å². The van der Waals surface area contributed by atoms with Crippen molar-refractivity contribution in [1.82, 2.24) is 4.57 Å². The Morgan fingerprint density at radius 2 is 2.19 bits per heavy atom. The van der Waals surface area contributed by atoms with Crippen LogP contribution >= 0.6 is 12.4 Å². The number of carbonyl (C=O) groups excluding carboxylic acids is 1. The highest BCUT2D eigenvalue weighted by atomic mass is 35.5. The third kappa shape index (κ3) is 2.28. The number of nitrogens with two attached hydrogens (primary N) is 1. The van der Waals surface area contributed by atoms with Gasteiger partial charge in [0.25, 0.3) is 0 Å². The molecule has 5 heteroatoms. The highest BCUT2D eigenvalue weighted by Crippen LogP contribution is 2.18. The Balaban J connectivity index is 0.00000128. The van der Waals surface area contributed by atoms with Gasteiger partial charge in [0.1, 0.15) is 6.54 Å². The fourth-order valence-corrected chi connectivity index (χ4v) is 1.54. The molecule has 0 aliphatic heterocycles. The van der Waals surface area contributed by atoms with Crippen molar-refractivity contribution >= 4 is 35.0 Å². The van der Waals surface area contributed by atoms with E-state index in [2.05, 4.69) is 4.74 Å². The molecule has 86 valence electrons. The van der Waals surface area contributed by atoms with Gasteiger partial charge in [-0.1, -0.05) is 6.07 Å². The summed E-state index contributed by atoms with van der Waals surface area (Å²) >= 11 is 0. The third-order valence-electron chi connectivity index (χ3n) is 2.33. The smallest absolute Gasteiger partial charge is 0.325 e. The van der Waals surface area contributed by atoms with E-state index >= 15 is 0 Å². The van der Waals surface area contributed by atoms with Gasteiger partial charge in [0.2, 0.25) is 0 Å². The van der Waals surface area contributed by atoms with E-state index in [0.29, 0.717) is 5.69 Å². The molecule has 0 bridgehead atoms. The normalized spacial score (nSPS) is 9.81. The molecule has 16 heavy (non-hydrogen) atoms. The molecule has 0 fully saturated rings. The summed E-state index contributed by atoms with van der Waals surface area (Å²) in [6.07, 6.45) is 1.85. The van der Waals surface area contributed by atoms with Gasteiger partial charge in [-0.05, 0) is 23.6 Å². The molecule has 4 nitrogen and oxygen atoms in total. The van der Waals surface area contributed by atoms with Crippen molar-refractivity contribution in [3.8, 4) is 0 Å². The summed E-state index contributed by atoms with van der Waals surface area (Å²) in [6, 6.07) is 7.55. The first kappa shape index (κ1) is 12.4. The van der Waals surface area contributed by atoms with Crippen LogP contribution < -0.4 is 5.73 Å². The number of ether oxygens (including phenoxy) is 1. The minimum Gasteiger partial charge on any atom is -0.468 e. The van der Waals surface area contributed by atoms with Gasteiger partial charge in [0, 0.05) is 11.9 Å². The second kappa shape index (κ2) is 4.90. The zero-order chi connectivity index (χ0) is 10.8. The Kier molecular flexibility index (Phi) is 3.79. The summed E-state index contributed by atoms with van der Waals surface area (Å²) in [6.45, 7) is 0.212. The van der Waals surface area contributed by atoms with Crippen LogP contribution in [-0.2, 0) is 16.1 Å². The van der Waals surface area contributed by atoms with E-state index in [9.17, 15) is 4.79 Å². The van der Waals surface area contributed by atoms with Gasteiger partial charge in [0.05, 0.1) is 12.6 Å². The molecular formula is C11H13ClN2O2. The fraction of sp³-hybridized carbons (Fsp3) is 0.182. The highest BCUT2D eigenvalue weighted by molar-refractivity contribution is 5.85. The number of methoxy groups -OCH3 is 1. The quantitative estimate of drug-likeness (QED) is 0.644. The number of fused-ring (bicyclic) bond motifs is 1. The number of hydrogen-bond acceptors (Lipinski definition) is 3. The lowest BCUT2D eigenvalue weighted by atomic mass is 10.2. The van der Waals surface area contributed by atoms with Gasteiger partial charge in [-0.25, -0.2) is 0 Å². The molecule has 0 unspecified atom stereocenters. The minimum absolute atomic E-state index is 0. The summed E-state index contributed by atoms with van der Waals surface area (Å²) in [5, 5.41) is 1.06. The first-order chi connectivity index (χ1) is 7.20. The Labute approximate surface area is 99.4 Å². The van der Waals surface area contributed by atoms with E-state index in [4.69, 9.17) is 5.73 Å². The molecule has 0 spiro atoms. The Bertz CT molecular complexity index is 508. The van der Waals surface area contributed by atoms with Crippen molar-refractivity contribution in [3.05, 3.63) is 30.5 Å². The van der Waals surface area contributed by atoms with Crippen molar-refractivity contribution in [1.29, 1.82) is 0 Å². The predicted octanol–water partition coefficient (Wildman–Crippen LogP) is 1.82. The van der Waals surface area contributed by atoms with Crippen LogP contribution in [-0.4, -0.2) is 17.6 Å². The number of halogens is 1. The second-order valence-electron chi connectivity index (χ2n) is 3.34. The van der Waals surface area contributed by atoms with Gasteiger partial charge in [0.15, 0.2) is 0 Å². The van der Waals surface area contributed by atoms with Crippen LogP contribution in [0.25, 0.3) is 10.9 Å². The van der Waals surface area contributed by atoms with Crippen LogP contribution in [0.2, 0.25) is 0 Å². The number of nitrogens with zero attached hydrogens (tertiary/aromatic N) is 1. The van der Waals surface area contributed by atoms with Gasteiger partial charge in [-0.3, -0.25) is 4.79 Å². The summed E-state index contributed by atoms with van der Waals surface area (Å²) in [4.78, 5) is 11.1. The lowest BCUT2D eigenvalue weighted by Gasteiger charge is -2.03. The first-order valence-corrected chi connectivity index (χ1v) is 4.62. The molecule has 1 heterocycles. The Hall–Kier alpha value is -1.68. The van der Waals surface area contributed by atoms with Gasteiger partial charge in [-0.2, -0.15) is 0 Å². The van der Waals surface area contributed by atoms with Crippen LogP contribution in [0.3, 0.4) is 0 Å². The van der Waals surface area contributed by atoms with Gasteiger partial charge < -0.3 is 15.0 Å². The Morgan fingerprint density at radius 3 is 2.88 bits per heavy atom. The predicted molar refractivity (Wildman–Crippen MR) is 65.6 cm³/mol. The average Bonchev–Trinajstić information content (AvgIpc) is 2.61.